The highest BCUT2D eigenvalue weighted by Gasteiger charge is 2.37. The molecule has 1 aliphatic rings. The summed E-state index contributed by atoms with van der Waals surface area (Å²) in [4.78, 5) is 23.5. The Morgan fingerprint density at radius 2 is 1.76 bits per heavy atom. The van der Waals surface area contributed by atoms with Crippen molar-refractivity contribution in [3.05, 3.63) is 0 Å². The Kier molecular flexibility index (Phi) is 6.65. The summed E-state index contributed by atoms with van der Waals surface area (Å²) in [5.41, 5.74) is 6.01. The van der Waals surface area contributed by atoms with Crippen molar-refractivity contribution < 1.29 is 9.59 Å². The second-order valence-electron chi connectivity index (χ2n) is 7.22. The number of hydrogen-bond donors (Lipinski definition) is 3. The van der Waals surface area contributed by atoms with Crippen LogP contribution in [0.5, 0.6) is 0 Å². The third kappa shape index (κ3) is 5.65. The minimum Gasteiger partial charge on any atom is -0.354 e. The molecule has 0 spiro atoms. The van der Waals surface area contributed by atoms with Gasteiger partial charge in [0.25, 0.3) is 0 Å². The van der Waals surface area contributed by atoms with Crippen LogP contribution in [0.1, 0.15) is 53.4 Å². The summed E-state index contributed by atoms with van der Waals surface area (Å²) in [5, 5.41) is 5.56. The van der Waals surface area contributed by atoms with Crippen molar-refractivity contribution in [2.45, 2.75) is 59.4 Å². The van der Waals surface area contributed by atoms with Crippen molar-refractivity contribution in [1.29, 1.82) is 0 Å². The molecule has 1 saturated carbocycles. The number of carbonyl (C=O) groups excluding carboxylic acids is 2. The monoisotopic (exact) mass is 297 g/mol. The van der Waals surface area contributed by atoms with Crippen LogP contribution in [0, 0.1) is 17.3 Å². The lowest BCUT2D eigenvalue weighted by molar-refractivity contribution is -0.127. The van der Waals surface area contributed by atoms with Crippen LogP contribution in [0.25, 0.3) is 0 Å². The van der Waals surface area contributed by atoms with Crippen LogP contribution >= 0.6 is 0 Å². The molecule has 0 saturated heterocycles. The molecule has 0 aliphatic heterocycles. The zero-order valence-electron chi connectivity index (χ0n) is 13.9. The van der Waals surface area contributed by atoms with E-state index in [1.807, 2.05) is 13.8 Å². The van der Waals surface area contributed by atoms with Crippen molar-refractivity contribution in [2.75, 3.05) is 13.1 Å². The van der Waals surface area contributed by atoms with Crippen LogP contribution in [0.15, 0.2) is 0 Å². The molecule has 1 atom stereocenters. The minimum absolute atomic E-state index is 0.0109. The molecule has 0 radical (unpaired) electrons. The molecule has 21 heavy (non-hydrogen) atoms. The zero-order chi connectivity index (χ0) is 16.0. The number of nitrogens with two attached hydrogens (primary N) is 1. The van der Waals surface area contributed by atoms with E-state index in [4.69, 9.17) is 5.73 Å². The first-order valence-corrected chi connectivity index (χ1v) is 8.06. The van der Waals surface area contributed by atoms with Crippen molar-refractivity contribution in [2.24, 2.45) is 23.0 Å². The number of hydrogen-bond acceptors (Lipinski definition) is 3. The minimum atomic E-state index is -0.559. The van der Waals surface area contributed by atoms with Crippen LogP contribution in [-0.2, 0) is 9.59 Å². The largest absolute Gasteiger partial charge is 0.354 e. The van der Waals surface area contributed by atoms with E-state index in [2.05, 4.69) is 24.5 Å². The number of rotatable bonds is 8. The number of amides is 2. The van der Waals surface area contributed by atoms with Crippen LogP contribution < -0.4 is 16.4 Å². The van der Waals surface area contributed by atoms with Crippen LogP contribution in [0.2, 0.25) is 0 Å². The van der Waals surface area contributed by atoms with E-state index in [1.165, 1.54) is 19.3 Å². The highest BCUT2D eigenvalue weighted by molar-refractivity contribution is 5.87. The predicted molar refractivity (Wildman–Crippen MR) is 84.6 cm³/mol. The molecule has 0 heterocycles. The molecule has 0 aromatic rings. The fraction of sp³-hybridized carbons (Fsp3) is 0.875. The molecule has 2 amide bonds. The molecule has 0 unspecified atom stereocenters. The molecule has 4 N–H and O–H groups in total. The smallest absolute Gasteiger partial charge is 0.239 e. The topological polar surface area (TPSA) is 84.2 Å². The third-order valence-corrected chi connectivity index (χ3v) is 4.36. The lowest BCUT2D eigenvalue weighted by Crippen LogP contribution is -2.49. The van der Waals surface area contributed by atoms with Crippen LogP contribution in [0.3, 0.4) is 0 Å². The van der Waals surface area contributed by atoms with Gasteiger partial charge in [0.1, 0.15) is 0 Å². The van der Waals surface area contributed by atoms with E-state index >= 15 is 0 Å². The predicted octanol–water partition coefficient (Wildman–Crippen LogP) is 1.42. The Morgan fingerprint density at radius 3 is 2.19 bits per heavy atom. The van der Waals surface area contributed by atoms with E-state index in [0.29, 0.717) is 5.92 Å². The van der Waals surface area contributed by atoms with E-state index in [0.717, 1.165) is 13.0 Å². The lowest BCUT2D eigenvalue weighted by Gasteiger charge is -2.43. The quantitative estimate of drug-likeness (QED) is 0.633. The first-order valence-electron chi connectivity index (χ1n) is 8.06. The summed E-state index contributed by atoms with van der Waals surface area (Å²) in [6, 6.07) is -0.559. The number of nitrogens with one attached hydrogen (secondary N) is 2. The van der Waals surface area contributed by atoms with E-state index in [9.17, 15) is 9.59 Å². The summed E-state index contributed by atoms with van der Waals surface area (Å²) in [6.07, 6.45) is 4.78. The first kappa shape index (κ1) is 18.0. The average Bonchev–Trinajstić information content (AvgIpc) is 2.37. The Bertz CT molecular complexity index is 363. The molecule has 0 aromatic heterocycles. The van der Waals surface area contributed by atoms with Gasteiger partial charge in [0.05, 0.1) is 12.6 Å². The van der Waals surface area contributed by atoms with Gasteiger partial charge in [-0.1, -0.05) is 34.1 Å². The molecule has 1 aliphatic carbocycles. The average molecular weight is 297 g/mol. The molecule has 5 heteroatoms. The summed E-state index contributed by atoms with van der Waals surface area (Å²) >= 11 is 0. The number of carbonyl (C=O) groups is 2. The van der Waals surface area contributed by atoms with E-state index in [1.54, 1.807) is 0 Å². The summed E-state index contributed by atoms with van der Waals surface area (Å²) in [5.74, 6) is 0.318. The van der Waals surface area contributed by atoms with Crippen molar-refractivity contribution >= 4 is 11.8 Å². The molecule has 1 rings (SSSR count). The molecule has 0 aromatic carbocycles. The van der Waals surface area contributed by atoms with Crippen LogP contribution in [-0.4, -0.2) is 30.9 Å². The Labute approximate surface area is 128 Å². The lowest BCUT2D eigenvalue weighted by atomic mass is 9.64. The van der Waals surface area contributed by atoms with Crippen molar-refractivity contribution in [3.63, 3.8) is 0 Å². The Morgan fingerprint density at radius 1 is 1.14 bits per heavy atom. The standard InChI is InChI=1S/C16H31N3O2/c1-11(2)8-16(6-5-7-16)10-19-13(20)9-18-15(21)14(17)12(3)4/h11-12,14H,5-10,17H2,1-4H3,(H,18,21)(H,19,20)/t14-/m0/s1. The summed E-state index contributed by atoms with van der Waals surface area (Å²) in [6.45, 7) is 8.94. The highest BCUT2D eigenvalue weighted by Crippen LogP contribution is 2.45. The molecular weight excluding hydrogens is 266 g/mol. The van der Waals surface area contributed by atoms with Gasteiger partial charge in [0, 0.05) is 6.54 Å². The maximum atomic E-state index is 11.8. The zero-order valence-corrected chi connectivity index (χ0v) is 13.9. The fourth-order valence-corrected chi connectivity index (χ4v) is 2.93. The molecule has 0 bridgehead atoms. The van der Waals surface area contributed by atoms with Gasteiger partial charge in [-0.05, 0) is 36.5 Å². The van der Waals surface area contributed by atoms with E-state index in [-0.39, 0.29) is 29.7 Å². The first-order chi connectivity index (χ1) is 9.76. The van der Waals surface area contributed by atoms with Gasteiger partial charge in [0.2, 0.25) is 11.8 Å². The van der Waals surface area contributed by atoms with Gasteiger partial charge in [-0.2, -0.15) is 0 Å². The fourth-order valence-electron chi connectivity index (χ4n) is 2.93. The molecule has 5 nitrogen and oxygen atoms in total. The van der Waals surface area contributed by atoms with Crippen molar-refractivity contribution in [1.82, 2.24) is 10.6 Å². The maximum Gasteiger partial charge on any atom is 0.239 e. The molecular formula is C16H31N3O2. The third-order valence-electron chi connectivity index (χ3n) is 4.36. The highest BCUT2D eigenvalue weighted by atomic mass is 16.2. The summed E-state index contributed by atoms with van der Waals surface area (Å²) < 4.78 is 0. The second-order valence-corrected chi connectivity index (χ2v) is 7.22. The van der Waals surface area contributed by atoms with Gasteiger partial charge in [-0.3, -0.25) is 9.59 Å². The normalized spacial score (nSPS) is 18.2. The van der Waals surface area contributed by atoms with Crippen molar-refractivity contribution in [3.8, 4) is 0 Å². The summed E-state index contributed by atoms with van der Waals surface area (Å²) in [7, 11) is 0. The Hall–Kier alpha value is -1.10. The van der Waals surface area contributed by atoms with Gasteiger partial charge in [0.15, 0.2) is 0 Å². The van der Waals surface area contributed by atoms with Gasteiger partial charge in [-0.25, -0.2) is 0 Å². The SMILES string of the molecule is CC(C)CC1(CNC(=O)CNC(=O)[C@@H](N)C(C)C)CCC1. The molecule has 1 fully saturated rings. The van der Waals surface area contributed by atoms with Gasteiger partial charge >= 0.3 is 0 Å². The Balaban J connectivity index is 2.29. The van der Waals surface area contributed by atoms with E-state index < -0.39 is 6.04 Å². The second kappa shape index (κ2) is 7.78. The van der Waals surface area contributed by atoms with Gasteiger partial charge in [-0.15, -0.1) is 0 Å². The molecule has 122 valence electrons. The van der Waals surface area contributed by atoms with Crippen LogP contribution in [0.4, 0.5) is 0 Å². The van der Waals surface area contributed by atoms with Gasteiger partial charge < -0.3 is 16.4 Å². The maximum absolute atomic E-state index is 11.8.